The van der Waals surface area contributed by atoms with Crippen LogP contribution in [0.2, 0.25) is 0 Å². The van der Waals surface area contributed by atoms with Crippen LogP contribution < -0.4 is 5.32 Å². The van der Waals surface area contributed by atoms with Gasteiger partial charge in [-0.25, -0.2) is 9.97 Å². The number of aryl methyl sites for hydroxylation is 1. The minimum atomic E-state index is 0.547. The highest BCUT2D eigenvalue weighted by Gasteiger charge is 2.19. The average molecular weight is 340 g/mol. The smallest absolute Gasteiger partial charge is 0.144 e. The van der Waals surface area contributed by atoms with E-state index < -0.39 is 0 Å². The fourth-order valence-electron chi connectivity index (χ4n) is 2.93. The highest BCUT2D eigenvalue weighted by molar-refractivity contribution is 9.10. The van der Waals surface area contributed by atoms with Gasteiger partial charge in [0.15, 0.2) is 0 Å². The second kappa shape index (κ2) is 7.96. The first-order valence-corrected chi connectivity index (χ1v) is 8.85. The standard InChI is InChI=1S/C16H26BrN3/c1-3-13-14(17)16(18-4-2)20-15(19-13)12-10-8-6-5-7-9-11-12/h12H,3-11H2,1-2H3,(H,18,19,20). The molecule has 0 spiro atoms. The summed E-state index contributed by atoms with van der Waals surface area (Å²) in [5.74, 6) is 2.57. The summed E-state index contributed by atoms with van der Waals surface area (Å²) in [4.78, 5) is 9.63. The first-order chi connectivity index (χ1) is 9.76. The van der Waals surface area contributed by atoms with Gasteiger partial charge in [0.05, 0.1) is 10.2 Å². The van der Waals surface area contributed by atoms with Gasteiger partial charge in [-0.2, -0.15) is 0 Å². The molecule has 112 valence electrons. The number of anilines is 1. The Bertz CT molecular complexity index is 426. The van der Waals surface area contributed by atoms with E-state index in [1.165, 1.54) is 44.9 Å². The number of hydrogen-bond acceptors (Lipinski definition) is 3. The lowest BCUT2D eigenvalue weighted by Crippen LogP contribution is -2.12. The molecule has 0 amide bonds. The summed E-state index contributed by atoms with van der Waals surface area (Å²) in [7, 11) is 0. The van der Waals surface area contributed by atoms with Crippen LogP contribution in [-0.2, 0) is 6.42 Å². The topological polar surface area (TPSA) is 37.8 Å². The quantitative estimate of drug-likeness (QED) is 0.832. The molecule has 2 rings (SSSR count). The van der Waals surface area contributed by atoms with E-state index in [9.17, 15) is 0 Å². The van der Waals surface area contributed by atoms with Crippen LogP contribution in [0.4, 0.5) is 5.82 Å². The molecule has 0 radical (unpaired) electrons. The molecular formula is C16H26BrN3. The minimum Gasteiger partial charge on any atom is -0.369 e. The van der Waals surface area contributed by atoms with Crippen molar-refractivity contribution in [1.82, 2.24) is 9.97 Å². The second-order valence-electron chi connectivity index (χ2n) is 5.62. The molecule has 1 heterocycles. The predicted octanol–water partition coefficient (Wildman–Crippen LogP) is 5.06. The van der Waals surface area contributed by atoms with Gasteiger partial charge in [0.1, 0.15) is 11.6 Å². The van der Waals surface area contributed by atoms with E-state index in [0.29, 0.717) is 5.92 Å². The van der Waals surface area contributed by atoms with Gasteiger partial charge in [-0.1, -0.05) is 39.0 Å². The van der Waals surface area contributed by atoms with Gasteiger partial charge in [0.2, 0.25) is 0 Å². The fourth-order valence-corrected chi connectivity index (χ4v) is 3.53. The molecule has 1 N–H and O–H groups in total. The van der Waals surface area contributed by atoms with Crippen molar-refractivity contribution in [2.45, 2.75) is 71.1 Å². The largest absolute Gasteiger partial charge is 0.369 e. The maximum Gasteiger partial charge on any atom is 0.144 e. The van der Waals surface area contributed by atoms with Crippen LogP contribution in [-0.4, -0.2) is 16.5 Å². The zero-order chi connectivity index (χ0) is 14.4. The van der Waals surface area contributed by atoms with Gasteiger partial charge in [0, 0.05) is 12.5 Å². The van der Waals surface area contributed by atoms with Crippen molar-refractivity contribution in [2.24, 2.45) is 0 Å². The Kier molecular flexibility index (Phi) is 6.27. The van der Waals surface area contributed by atoms with E-state index in [-0.39, 0.29) is 0 Å². The van der Waals surface area contributed by atoms with E-state index >= 15 is 0 Å². The molecule has 0 aromatic carbocycles. The maximum absolute atomic E-state index is 4.83. The van der Waals surface area contributed by atoms with Crippen LogP contribution in [0.3, 0.4) is 0 Å². The van der Waals surface area contributed by atoms with Crippen LogP contribution in [0.25, 0.3) is 0 Å². The summed E-state index contributed by atoms with van der Waals surface area (Å²) >= 11 is 3.64. The van der Waals surface area contributed by atoms with Crippen molar-refractivity contribution in [3.05, 3.63) is 16.0 Å². The SMILES string of the molecule is CCNc1nc(C2CCCCCCC2)nc(CC)c1Br. The molecule has 3 nitrogen and oxygen atoms in total. The molecule has 0 bridgehead atoms. The van der Waals surface area contributed by atoms with Crippen LogP contribution in [0.5, 0.6) is 0 Å². The Balaban J connectivity index is 2.26. The highest BCUT2D eigenvalue weighted by atomic mass is 79.9. The summed E-state index contributed by atoms with van der Waals surface area (Å²) in [6, 6.07) is 0. The minimum absolute atomic E-state index is 0.547. The number of rotatable bonds is 4. The number of halogens is 1. The van der Waals surface area contributed by atoms with Crippen LogP contribution in [0.15, 0.2) is 4.47 Å². The normalized spacial score (nSPS) is 17.6. The van der Waals surface area contributed by atoms with Gasteiger partial charge in [0.25, 0.3) is 0 Å². The van der Waals surface area contributed by atoms with Crippen molar-refractivity contribution in [3.63, 3.8) is 0 Å². The second-order valence-corrected chi connectivity index (χ2v) is 6.41. The van der Waals surface area contributed by atoms with Crippen molar-refractivity contribution in [1.29, 1.82) is 0 Å². The van der Waals surface area contributed by atoms with Crippen molar-refractivity contribution < 1.29 is 0 Å². The van der Waals surface area contributed by atoms with Crippen molar-refractivity contribution in [2.75, 3.05) is 11.9 Å². The van der Waals surface area contributed by atoms with Gasteiger partial charge < -0.3 is 5.32 Å². The molecule has 0 unspecified atom stereocenters. The molecule has 0 atom stereocenters. The maximum atomic E-state index is 4.83. The number of nitrogens with zero attached hydrogens (tertiary/aromatic N) is 2. The summed E-state index contributed by atoms with van der Waals surface area (Å²) < 4.78 is 1.04. The molecule has 0 aliphatic heterocycles. The summed E-state index contributed by atoms with van der Waals surface area (Å²) in [5, 5.41) is 3.36. The lowest BCUT2D eigenvalue weighted by Gasteiger charge is -2.20. The van der Waals surface area contributed by atoms with Crippen molar-refractivity contribution in [3.8, 4) is 0 Å². The predicted molar refractivity (Wildman–Crippen MR) is 88.3 cm³/mol. The lowest BCUT2D eigenvalue weighted by atomic mass is 9.90. The lowest BCUT2D eigenvalue weighted by molar-refractivity contribution is 0.441. The third-order valence-corrected chi connectivity index (χ3v) is 4.92. The first kappa shape index (κ1) is 15.7. The molecule has 1 fully saturated rings. The average Bonchev–Trinajstić information content (AvgIpc) is 2.41. The molecule has 0 saturated heterocycles. The Hall–Kier alpha value is -0.640. The molecular weight excluding hydrogens is 314 g/mol. The Morgan fingerprint density at radius 2 is 1.70 bits per heavy atom. The van der Waals surface area contributed by atoms with Gasteiger partial charge in [-0.3, -0.25) is 0 Å². The zero-order valence-corrected chi connectivity index (χ0v) is 14.3. The van der Waals surface area contributed by atoms with Crippen LogP contribution in [0, 0.1) is 0 Å². The number of nitrogens with one attached hydrogen (secondary N) is 1. The Labute approximate surface area is 131 Å². The fraction of sp³-hybridized carbons (Fsp3) is 0.750. The highest BCUT2D eigenvalue weighted by Crippen LogP contribution is 2.32. The summed E-state index contributed by atoms with van der Waals surface area (Å²) in [6.45, 7) is 5.16. The van der Waals surface area contributed by atoms with Crippen LogP contribution in [0.1, 0.15) is 76.2 Å². The monoisotopic (exact) mass is 339 g/mol. The van der Waals surface area contributed by atoms with Gasteiger partial charge >= 0.3 is 0 Å². The van der Waals surface area contributed by atoms with E-state index in [4.69, 9.17) is 9.97 Å². The molecule has 20 heavy (non-hydrogen) atoms. The molecule has 1 saturated carbocycles. The third-order valence-electron chi connectivity index (χ3n) is 4.09. The van der Waals surface area contributed by atoms with Gasteiger partial charge in [-0.15, -0.1) is 0 Å². The van der Waals surface area contributed by atoms with E-state index in [0.717, 1.165) is 34.8 Å². The number of aromatic nitrogens is 2. The molecule has 1 aromatic heterocycles. The number of hydrogen-bond donors (Lipinski definition) is 1. The molecule has 1 aliphatic rings. The van der Waals surface area contributed by atoms with E-state index in [1.807, 2.05) is 0 Å². The van der Waals surface area contributed by atoms with E-state index in [2.05, 4.69) is 35.1 Å². The van der Waals surface area contributed by atoms with E-state index in [1.54, 1.807) is 0 Å². The van der Waals surface area contributed by atoms with Crippen molar-refractivity contribution >= 4 is 21.7 Å². The summed E-state index contributed by atoms with van der Waals surface area (Å²) in [5.41, 5.74) is 1.13. The molecule has 1 aliphatic carbocycles. The third kappa shape index (κ3) is 3.94. The summed E-state index contributed by atoms with van der Waals surface area (Å²) in [6.07, 6.45) is 10.2. The van der Waals surface area contributed by atoms with Gasteiger partial charge in [-0.05, 0) is 42.1 Å². The first-order valence-electron chi connectivity index (χ1n) is 8.06. The Morgan fingerprint density at radius 1 is 1.05 bits per heavy atom. The van der Waals surface area contributed by atoms with Crippen LogP contribution >= 0.6 is 15.9 Å². The molecule has 4 heteroatoms. The zero-order valence-electron chi connectivity index (χ0n) is 12.7. The molecule has 1 aromatic rings. The Morgan fingerprint density at radius 3 is 2.30 bits per heavy atom.